The van der Waals surface area contributed by atoms with Crippen LogP contribution < -0.4 is 15.4 Å². The lowest BCUT2D eigenvalue weighted by atomic mass is 10.1. The molecular formula is C16H16N2O3. The van der Waals surface area contributed by atoms with Crippen LogP contribution in [0.3, 0.4) is 0 Å². The molecule has 0 aliphatic carbocycles. The number of rotatable bonds is 4. The van der Waals surface area contributed by atoms with E-state index >= 15 is 0 Å². The van der Waals surface area contributed by atoms with Crippen molar-refractivity contribution >= 4 is 23.2 Å². The smallest absolute Gasteiger partial charge is 0.323 e. The van der Waals surface area contributed by atoms with Crippen molar-refractivity contribution in [1.29, 1.82) is 0 Å². The first-order chi connectivity index (χ1) is 10.1. The third-order valence-electron chi connectivity index (χ3n) is 2.90. The fourth-order valence-corrected chi connectivity index (χ4v) is 1.82. The molecule has 0 aromatic heterocycles. The summed E-state index contributed by atoms with van der Waals surface area (Å²) in [4.78, 5) is 23.1. The summed E-state index contributed by atoms with van der Waals surface area (Å²) in [6.45, 7) is 1.50. The molecule has 0 spiro atoms. The third-order valence-corrected chi connectivity index (χ3v) is 2.90. The summed E-state index contributed by atoms with van der Waals surface area (Å²) in [5.41, 5.74) is 1.79. The second kappa shape index (κ2) is 6.56. The molecule has 5 nitrogen and oxygen atoms in total. The zero-order valence-corrected chi connectivity index (χ0v) is 11.8. The number of benzene rings is 2. The molecule has 0 radical (unpaired) electrons. The average molecular weight is 284 g/mol. The largest absolute Gasteiger partial charge is 0.495 e. The highest BCUT2D eigenvalue weighted by Crippen LogP contribution is 2.23. The number of methoxy groups -OCH3 is 1. The van der Waals surface area contributed by atoms with Crippen molar-refractivity contribution in [1.82, 2.24) is 0 Å². The fourth-order valence-electron chi connectivity index (χ4n) is 1.82. The van der Waals surface area contributed by atoms with Crippen LogP contribution in [0.25, 0.3) is 0 Å². The highest BCUT2D eigenvalue weighted by molar-refractivity contribution is 6.01. The van der Waals surface area contributed by atoms with Gasteiger partial charge in [0.2, 0.25) is 0 Å². The van der Waals surface area contributed by atoms with Crippen LogP contribution in [-0.4, -0.2) is 18.9 Å². The Kier molecular flexibility index (Phi) is 4.56. The lowest BCUT2D eigenvalue weighted by molar-refractivity contribution is 0.101. The summed E-state index contributed by atoms with van der Waals surface area (Å²) in [7, 11) is 1.54. The monoisotopic (exact) mass is 284 g/mol. The minimum Gasteiger partial charge on any atom is -0.495 e. The van der Waals surface area contributed by atoms with Crippen LogP contribution in [-0.2, 0) is 0 Å². The Morgan fingerprint density at radius 3 is 2.24 bits per heavy atom. The number of hydrogen-bond donors (Lipinski definition) is 2. The van der Waals surface area contributed by atoms with E-state index in [1.807, 2.05) is 6.07 Å². The number of carbonyl (C=O) groups excluding carboxylic acids is 2. The molecule has 0 fully saturated rings. The molecule has 0 aliphatic rings. The van der Waals surface area contributed by atoms with Gasteiger partial charge >= 0.3 is 6.03 Å². The SMILES string of the molecule is COc1ccccc1NC(=O)Nc1ccc(C(C)=O)cc1. The van der Waals surface area contributed by atoms with Crippen LogP contribution >= 0.6 is 0 Å². The normalized spacial score (nSPS) is 9.81. The number of Topliss-reactive ketones (excluding diaryl/α,β-unsaturated/α-hetero) is 1. The van der Waals surface area contributed by atoms with Gasteiger partial charge in [0.05, 0.1) is 12.8 Å². The van der Waals surface area contributed by atoms with E-state index in [9.17, 15) is 9.59 Å². The average Bonchev–Trinajstić information content (AvgIpc) is 2.48. The zero-order chi connectivity index (χ0) is 15.2. The quantitative estimate of drug-likeness (QED) is 0.844. The van der Waals surface area contributed by atoms with Gasteiger partial charge in [0.1, 0.15) is 5.75 Å². The molecule has 2 aromatic carbocycles. The first-order valence-electron chi connectivity index (χ1n) is 6.42. The van der Waals surface area contributed by atoms with Gasteiger partial charge in [0.15, 0.2) is 5.78 Å². The zero-order valence-electron chi connectivity index (χ0n) is 11.8. The standard InChI is InChI=1S/C16H16N2O3/c1-11(19)12-7-9-13(10-8-12)17-16(20)18-14-5-3-4-6-15(14)21-2/h3-10H,1-2H3,(H2,17,18,20). The van der Waals surface area contributed by atoms with Gasteiger partial charge in [0, 0.05) is 11.3 Å². The molecular weight excluding hydrogens is 268 g/mol. The minimum absolute atomic E-state index is 0.0139. The van der Waals surface area contributed by atoms with E-state index < -0.39 is 0 Å². The molecule has 0 heterocycles. The first kappa shape index (κ1) is 14.6. The number of urea groups is 1. The number of nitrogens with one attached hydrogen (secondary N) is 2. The van der Waals surface area contributed by atoms with E-state index in [0.717, 1.165) is 0 Å². The Hall–Kier alpha value is -2.82. The second-order valence-corrected chi connectivity index (χ2v) is 4.41. The number of carbonyl (C=O) groups is 2. The second-order valence-electron chi connectivity index (χ2n) is 4.41. The van der Waals surface area contributed by atoms with Crippen molar-refractivity contribution in [2.45, 2.75) is 6.92 Å². The van der Waals surface area contributed by atoms with E-state index in [1.54, 1.807) is 49.6 Å². The van der Waals surface area contributed by atoms with Crippen molar-refractivity contribution in [3.63, 3.8) is 0 Å². The van der Waals surface area contributed by atoms with Gasteiger partial charge in [-0.05, 0) is 43.3 Å². The van der Waals surface area contributed by atoms with Crippen LogP contribution in [0.1, 0.15) is 17.3 Å². The van der Waals surface area contributed by atoms with Crippen LogP contribution in [0.5, 0.6) is 5.75 Å². The number of hydrogen-bond acceptors (Lipinski definition) is 3. The Balaban J connectivity index is 2.03. The third kappa shape index (κ3) is 3.82. The Morgan fingerprint density at radius 2 is 1.62 bits per heavy atom. The molecule has 0 bridgehead atoms. The van der Waals surface area contributed by atoms with Gasteiger partial charge in [-0.3, -0.25) is 4.79 Å². The molecule has 108 valence electrons. The summed E-state index contributed by atoms with van der Waals surface area (Å²) in [5.74, 6) is 0.569. The molecule has 2 amide bonds. The summed E-state index contributed by atoms with van der Waals surface area (Å²) in [6.07, 6.45) is 0. The Morgan fingerprint density at radius 1 is 0.952 bits per heavy atom. The molecule has 2 rings (SSSR count). The summed E-state index contributed by atoms with van der Waals surface area (Å²) >= 11 is 0. The van der Waals surface area contributed by atoms with Crippen LogP contribution in [0.2, 0.25) is 0 Å². The molecule has 0 aliphatic heterocycles. The molecule has 21 heavy (non-hydrogen) atoms. The molecule has 2 aromatic rings. The molecule has 2 N–H and O–H groups in total. The predicted molar refractivity (Wildman–Crippen MR) is 82.1 cm³/mol. The topological polar surface area (TPSA) is 67.4 Å². The number of para-hydroxylation sites is 2. The van der Waals surface area contributed by atoms with Gasteiger partial charge in [-0.25, -0.2) is 4.79 Å². The maximum atomic E-state index is 11.9. The summed E-state index contributed by atoms with van der Waals surface area (Å²) in [5, 5.41) is 5.40. The molecule has 0 atom stereocenters. The predicted octanol–water partition coefficient (Wildman–Crippen LogP) is 3.54. The van der Waals surface area contributed by atoms with Crippen molar-refractivity contribution in [3.8, 4) is 5.75 Å². The molecule has 0 saturated carbocycles. The first-order valence-corrected chi connectivity index (χ1v) is 6.42. The number of ether oxygens (including phenoxy) is 1. The molecule has 5 heteroatoms. The Labute approximate surface area is 122 Å². The number of anilines is 2. The van der Waals surface area contributed by atoms with E-state index in [1.165, 1.54) is 6.92 Å². The van der Waals surface area contributed by atoms with Gasteiger partial charge in [-0.1, -0.05) is 12.1 Å². The van der Waals surface area contributed by atoms with Crippen molar-refractivity contribution in [3.05, 3.63) is 54.1 Å². The van der Waals surface area contributed by atoms with Crippen molar-refractivity contribution in [2.75, 3.05) is 17.7 Å². The molecule has 0 unspecified atom stereocenters. The maximum Gasteiger partial charge on any atom is 0.323 e. The lowest BCUT2D eigenvalue weighted by Crippen LogP contribution is -2.19. The lowest BCUT2D eigenvalue weighted by Gasteiger charge is -2.11. The van der Waals surface area contributed by atoms with E-state index in [4.69, 9.17) is 4.74 Å². The van der Waals surface area contributed by atoms with Crippen LogP contribution in [0.4, 0.5) is 16.2 Å². The van der Waals surface area contributed by atoms with Crippen LogP contribution in [0, 0.1) is 0 Å². The van der Waals surface area contributed by atoms with Crippen molar-refractivity contribution in [2.24, 2.45) is 0 Å². The number of amides is 2. The van der Waals surface area contributed by atoms with Gasteiger partial charge < -0.3 is 15.4 Å². The van der Waals surface area contributed by atoms with Gasteiger partial charge in [0.25, 0.3) is 0 Å². The Bertz CT molecular complexity index is 651. The summed E-state index contributed by atoms with van der Waals surface area (Å²) < 4.78 is 5.16. The maximum absolute atomic E-state index is 11.9. The van der Waals surface area contributed by atoms with Gasteiger partial charge in [-0.15, -0.1) is 0 Å². The van der Waals surface area contributed by atoms with Crippen molar-refractivity contribution < 1.29 is 14.3 Å². The van der Waals surface area contributed by atoms with Crippen LogP contribution in [0.15, 0.2) is 48.5 Å². The van der Waals surface area contributed by atoms with E-state index in [2.05, 4.69) is 10.6 Å². The minimum atomic E-state index is -0.380. The van der Waals surface area contributed by atoms with E-state index in [-0.39, 0.29) is 11.8 Å². The number of ketones is 1. The fraction of sp³-hybridized carbons (Fsp3) is 0.125. The summed E-state index contributed by atoms with van der Waals surface area (Å²) in [6, 6.07) is 13.4. The highest BCUT2D eigenvalue weighted by atomic mass is 16.5. The van der Waals surface area contributed by atoms with E-state index in [0.29, 0.717) is 22.7 Å². The molecule has 0 saturated heterocycles. The van der Waals surface area contributed by atoms with Gasteiger partial charge in [-0.2, -0.15) is 0 Å². The highest BCUT2D eigenvalue weighted by Gasteiger charge is 2.07.